The molecule has 3 rings (SSSR count). The minimum Gasteiger partial charge on any atom is -0.493 e. The van der Waals surface area contributed by atoms with Gasteiger partial charge in [0.05, 0.1) is 18.5 Å². The molecule has 0 radical (unpaired) electrons. The number of amides is 1. The van der Waals surface area contributed by atoms with E-state index in [0.29, 0.717) is 22.7 Å². The fraction of sp³-hybridized carbons (Fsp3) is 0.421. The van der Waals surface area contributed by atoms with E-state index in [1.165, 1.54) is 7.11 Å². The third kappa shape index (κ3) is 3.48. The molecule has 2 aromatic heterocycles. The summed E-state index contributed by atoms with van der Waals surface area (Å²) in [4.78, 5) is 30.0. The molecule has 138 valence electrons. The molecular weight excluding hydrogens is 332 g/mol. The SMILES string of the molecule is COc1c(NC(=O)c2c(C)ccn(C3CCNCC3)c2=O)ccnc1C. The summed E-state index contributed by atoms with van der Waals surface area (Å²) in [6.45, 7) is 5.32. The number of aromatic nitrogens is 2. The second-order valence-electron chi connectivity index (χ2n) is 6.50. The molecule has 7 nitrogen and oxygen atoms in total. The molecule has 0 saturated carbocycles. The molecule has 1 amide bonds. The van der Waals surface area contributed by atoms with Gasteiger partial charge in [0.2, 0.25) is 0 Å². The molecule has 2 aromatic rings. The Bertz CT molecular complexity index is 870. The van der Waals surface area contributed by atoms with Gasteiger partial charge in [-0.2, -0.15) is 0 Å². The molecule has 1 aliphatic rings. The Balaban J connectivity index is 1.95. The lowest BCUT2D eigenvalue weighted by Crippen LogP contribution is -2.37. The average Bonchev–Trinajstić information content (AvgIpc) is 2.63. The third-order valence-electron chi connectivity index (χ3n) is 4.79. The van der Waals surface area contributed by atoms with Gasteiger partial charge in [0.15, 0.2) is 5.75 Å². The Labute approximate surface area is 152 Å². The second-order valence-corrected chi connectivity index (χ2v) is 6.50. The first-order valence-electron chi connectivity index (χ1n) is 8.76. The van der Waals surface area contributed by atoms with E-state index in [-0.39, 0.29) is 17.2 Å². The number of carbonyl (C=O) groups is 1. The molecule has 2 N–H and O–H groups in total. The predicted octanol–water partition coefficient (Wildman–Crippen LogP) is 2.05. The van der Waals surface area contributed by atoms with Crippen LogP contribution in [0.5, 0.6) is 5.75 Å². The van der Waals surface area contributed by atoms with Crippen molar-refractivity contribution in [2.75, 3.05) is 25.5 Å². The lowest BCUT2D eigenvalue weighted by molar-refractivity contribution is 0.102. The van der Waals surface area contributed by atoms with Crippen molar-refractivity contribution in [1.82, 2.24) is 14.9 Å². The van der Waals surface area contributed by atoms with Crippen LogP contribution in [0.15, 0.2) is 29.3 Å². The van der Waals surface area contributed by atoms with Crippen molar-refractivity contribution in [2.24, 2.45) is 0 Å². The second kappa shape index (κ2) is 7.70. The molecule has 0 unspecified atom stereocenters. The number of ether oxygens (including phenoxy) is 1. The highest BCUT2D eigenvalue weighted by atomic mass is 16.5. The van der Waals surface area contributed by atoms with E-state index in [0.717, 1.165) is 25.9 Å². The van der Waals surface area contributed by atoms with E-state index in [1.54, 1.807) is 36.9 Å². The molecule has 1 saturated heterocycles. The third-order valence-corrected chi connectivity index (χ3v) is 4.79. The van der Waals surface area contributed by atoms with Crippen LogP contribution in [0.2, 0.25) is 0 Å². The maximum atomic E-state index is 13.0. The molecule has 1 aliphatic heterocycles. The van der Waals surface area contributed by atoms with Crippen LogP contribution in [0.4, 0.5) is 5.69 Å². The van der Waals surface area contributed by atoms with E-state index in [4.69, 9.17) is 4.74 Å². The number of rotatable bonds is 4. The fourth-order valence-electron chi connectivity index (χ4n) is 3.38. The number of nitrogens with one attached hydrogen (secondary N) is 2. The first-order chi connectivity index (χ1) is 12.5. The van der Waals surface area contributed by atoms with Crippen LogP contribution in [0, 0.1) is 13.8 Å². The number of pyridine rings is 2. The Hall–Kier alpha value is -2.67. The van der Waals surface area contributed by atoms with Crippen molar-refractivity contribution in [3.63, 3.8) is 0 Å². The number of hydrogen-bond acceptors (Lipinski definition) is 5. The van der Waals surface area contributed by atoms with Crippen LogP contribution in [-0.2, 0) is 0 Å². The number of carbonyl (C=O) groups excluding carboxylic acids is 1. The molecular formula is C19H24N4O3. The topological polar surface area (TPSA) is 85.2 Å². The summed E-state index contributed by atoms with van der Waals surface area (Å²) < 4.78 is 7.02. The Morgan fingerprint density at radius 2 is 2.04 bits per heavy atom. The normalized spacial score (nSPS) is 14.9. The summed E-state index contributed by atoms with van der Waals surface area (Å²) in [5, 5.41) is 6.09. The first-order valence-corrected chi connectivity index (χ1v) is 8.76. The number of methoxy groups -OCH3 is 1. The van der Waals surface area contributed by atoms with Gasteiger partial charge in [-0.1, -0.05) is 0 Å². The standard InChI is InChI=1S/C19H24N4O3/c1-12-7-11-23(14-4-8-20-9-5-14)19(25)16(12)18(24)22-15-6-10-21-13(2)17(15)26-3/h6-7,10-11,14,20H,4-5,8-9H2,1-3H3,(H,21,22,24). The molecule has 26 heavy (non-hydrogen) atoms. The van der Waals surface area contributed by atoms with Gasteiger partial charge in [0.1, 0.15) is 5.56 Å². The van der Waals surface area contributed by atoms with Crippen molar-refractivity contribution >= 4 is 11.6 Å². The van der Waals surface area contributed by atoms with Crippen molar-refractivity contribution in [1.29, 1.82) is 0 Å². The van der Waals surface area contributed by atoms with Gasteiger partial charge in [-0.15, -0.1) is 0 Å². The monoisotopic (exact) mass is 356 g/mol. The number of nitrogens with zero attached hydrogens (tertiary/aromatic N) is 2. The van der Waals surface area contributed by atoms with E-state index in [2.05, 4.69) is 15.6 Å². The minimum absolute atomic E-state index is 0.119. The molecule has 7 heteroatoms. The molecule has 0 aromatic carbocycles. The van der Waals surface area contributed by atoms with Crippen LogP contribution in [-0.4, -0.2) is 35.7 Å². The highest BCUT2D eigenvalue weighted by molar-refractivity contribution is 6.05. The summed E-state index contributed by atoms with van der Waals surface area (Å²) in [6.07, 6.45) is 5.14. The van der Waals surface area contributed by atoms with Gasteiger partial charge >= 0.3 is 0 Å². The molecule has 1 fully saturated rings. The van der Waals surface area contributed by atoms with Crippen molar-refractivity contribution in [3.8, 4) is 5.75 Å². The summed E-state index contributed by atoms with van der Waals surface area (Å²) in [5.41, 5.74) is 1.74. The van der Waals surface area contributed by atoms with Gasteiger partial charge in [0.25, 0.3) is 11.5 Å². The Morgan fingerprint density at radius 3 is 2.73 bits per heavy atom. The van der Waals surface area contributed by atoms with Gasteiger partial charge in [-0.3, -0.25) is 14.6 Å². The van der Waals surface area contributed by atoms with Gasteiger partial charge < -0.3 is 19.9 Å². The molecule has 0 aliphatic carbocycles. The highest BCUT2D eigenvalue weighted by Gasteiger charge is 2.22. The molecule has 0 bridgehead atoms. The van der Waals surface area contributed by atoms with Crippen molar-refractivity contribution in [2.45, 2.75) is 32.7 Å². The van der Waals surface area contributed by atoms with Crippen molar-refractivity contribution in [3.05, 3.63) is 51.7 Å². The summed E-state index contributed by atoms with van der Waals surface area (Å²) in [7, 11) is 1.53. The van der Waals surface area contributed by atoms with Gasteiger partial charge in [-0.25, -0.2) is 0 Å². The molecule has 3 heterocycles. The van der Waals surface area contributed by atoms with Crippen LogP contribution in [0.1, 0.15) is 40.5 Å². The van der Waals surface area contributed by atoms with E-state index in [9.17, 15) is 9.59 Å². The predicted molar refractivity (Wildman–Crippen MR) is 100 cm³/mol. The maximum Gasteiger partial charge on any atom is 0.263 e. The van der Waals surface area contributed by atoms with Crippen LogP contribution in [0.3, 0.4) is 0 Å². The highest BCUT2D eigenvalue weighted by Crippen LogP contribution is 2.26. The zero-order valence-electron chi connectivity index (χ0n) is 15.3. The van der Waals surface area contributed by atoms with E-state index < -0.39 is 5.91 Å². The fourth-order valence-corrected chi connectivity index (χ4v) is 3.38. The average molecular weight is 356 g/mol. The molecule has 0 atom stereocenters. The van der Waals surface area contributed by atoms with Crippen LogP contribution < -0.4 is 20.9 Å². The van der Waals surface area contributed by atoms with Crippen molar-refractivity contribution < 1.29 is 9.53 Å². The van der Waals surface area contributed by atoms with E-state index in [1.807, 2.05) is 6.07 Å². The zero-order valence-corrected chi connectivity index (χ0v) is 15.3. The summed E-state index contributed by atoms with van der Waals surface area (Å²) >= 11 is 0. The van der Waals surface area contributed by atoms with Gasteiger partial charge in [-0.05, 0) is 57.5 Å². The number of anilines is 1. The zero-order chi connectivity index (χ0) is 18.7. The Morgan fingerprint density at radius 1 is 1.31 bits per heavy atom. The Kier molecular flexibility index (Phi) is 5.37. The first kappa shape index (κ1) is 18.1. The quantitative estimate of drug-likeness (QED) is 0.876. The minimum atomic E-state index is -0.431. The number of piperidine rings is 1. The summed E-state index contributed by atoms with van der Waals surface area (Å²) in [5.74, 6) is 0.0628. The number of aryl methyl sites for hydroxylation is 2. The lowest BCUT2D eigenvalue weighted by atomic mass is 10.0. The van der Waals surface area contributed by atoms with Gasteiger partial charge in [0, 0.05) is 18.4 Å². The maximum absolute atomic E-state index is 13.0. The number of hydrogen-bond donors (Lipinski definition) is 2. The summed E-state index contributed by atoms with van der Waals surface area (Å²) in [6, 6.07) is 3.61. The van der Waals surface area contributed by atoms with Crippen LogP contribution >= 0.6 is 0 Å². The molecule has 0 spiro atoms. The largest absolute Gasteiger partial charge is 0.493 e. The van der Waals surface area contributed by atoms with E-state index >= 15 is 0 Å². The lowest BCUT2D eigenvalue weighted by Gasteiger charge is -2.25. The smallest absolute Gasteiger partial charge is 0.263 e. The van der Waals surface area contributed by atoms with Crippen LogP contribution in [0.25, 0.3) is 0 Å².